The second kappa shape index (κ2) is 7.81. The van der Waals surface area contributed by atoms with E-state index in [9.17, 15) is 0 Å². The van der Waals surface area contributed by atoms with Crippen LogP contribution in [0.3, 0.4) is 0 Å². The average Bonchev–Trinajstić information content (AvgIpc) is 3.22. The second-order valence-electron chi connectivity index (χ2n) is 7.40. The molecule has 0 saturated heterocycles. The molecule has 5 rings (SSSR count). The Morgan fingerprint density at radius 2 is 1.00 bits per heavy atom. The molecule has 0 amide bonds. The first kappa shape index (κ1) is 17.5. The van der Waals surface area contributed by atoms with Crippen molar-refractivity contribution in [2.75, 3.05) is 11.4 Å². The van der Waals surface area contributed by atoms with Crippen molar-refractivity contribution >= 4 is 16.8 Å². The Morgan fingerprint density at radius 1 is 0.517 bits per heavy atom. The predicted molar refractivity (Wildman–Crippen MR) is 123 cm³/mol. The molecule has 1 heteroatoms. The molecule has 0 N–H and O–H groups in total. The van der Waals surface area contributed by atoms with Crippen LogP contribution in [0.2, 0.25) is 0 Å². The lowest BCUT2D eigenvalue weighted by molar-refractivity contribution is 0.827. The minimum atomic E-state index is 0.177. The summed E-state index contributed by atoms with van der Waals surface area (Å²) in [6.07, 6.45) is 0. The van der Waals surface area contributed by atoms with E-state index in [1.165, 1.54) is 33.5 Å². The first-order valence-corrected chi connectivity index (χ1v) is 10.1. The summed E-state index contributed by atoms with van der Waals surface area (Å²) in [4.78, 5) is 2.53. The quantitative estimate of drug-likeness (QED) is 0.378. The van der Waals surface area contributed by atoms with Gasteiger partial charge in [-0.1, -0.05) is 109 Å². The largest absolute Gasteiger partial charge is 0.356 e. The summed E-state index contributed by atoms with van der Waals surface area (Å²) in [5.41, 5.74) is 7.95. The van der Waals surface area contributed by atoms with E-state index < -0.39 is 0 Å². The fourth-order valence-corrected chi connectivity index (χ4v) is 4.35. The highest BCUT2D eigenvalue weighted by Gasteiger charge is 2.35. The second-order valence-corrected chi connectivity index (χ2v) is 7.40. The molecule has 0 fully saturated rings. The minimum absolute atomic E-state index is 0.177. The first-order chi connectivity index (χ1) is 14.4. The number of benzene rings is 4. The molecule has 0 bridgehead atoms. The van der Waals surface area contributed by atoms with Crippen molar-refractivity contribution in [3.05, 3.63) is 138 Å². The van der Waals surface area contributed by atoms with Crippen LogP contribution >= 0.6 is 0 Å². The normalized spacial score (nSPS) is 16.3. The number of nitrogens with zero attached hydrogens (tertiary/aromatic N) is 1. The number of para-hydroxylation sites is 1. The van der Waals surface area contributed by atoms with Gasteiger partial charge >= 0.3 is 0 Å². The van der Waals surface area contributed by atoms with Crippen LogP contribution in [0.1, 0.15) is 22.7 Å². The maximum absolute atomic E-state index is 2.53. The molecule has 1 heterocycles. The molecular formula is C28H23N. The zero-order valence-corrected chi connectivity index (χ0v) is 16.3. The summed E-state index contributed by atoms with van der Waals surface area (Å²) in [7, 11) is 0. The Hall–Kier alpha value is -3.58. The lowest BCUT2D eigenvalue weighted by Gasteiger charge is -2.30. The van der Waals surface area contributed by atoms with Crippen LogP contribution in [-0.4, -0.2) is 6.54 Å². The van der Waals surface area contributed by atoms with Crippen molar-refractivity contribution in [2.24, 2.45) is 0 Å². The molecule has 4 aromatic rings. The zero-order valence-electron chi connectivity index (χ0n) is 16.3. The first-order valence-electron chi connectivity index (χ1n) is 10.1. The van der Waals surface area contributed by atoms with E-state index >= 15 is 0 Å². The molecule has 0 aliphatic carbocycles. The van der Waals surface area contributed by atoms with Crippen molar-refractivity contribution in [2.45, 2.75) is 6.04 Å². The lowest BCUT2D eigenvalue weighted by Crippen LogP contribution is -2.25. The van der Waals surface area contributed by atoms with Gasteiger partial charge < -0.3 is 4.90 Å². The number of hydrogen-bond donors (Lipinski definition) is 0. The molecular weight excluding hydrogens is 350 g/mol. The van der Waals surface area contributed by atoms with Crippen molar-refractivity contribution < 1.29 is 0 Å². The van der Waals surface area contributed by atoms with Crippen LogP contribution in [0.4, 0.5) is 5.69 Å². The summed E-state index contributed by atoms with van der Waals surface area (Å²) < 4.78 is 0. The fourth-order valence-electron chi connectivity index (χ4n) is 4.35. The summed E-state index contributed by atoms with van der Waals surface area (Å²) in [5.74, 6) is 0. The predicted octanol–water partition coefficient (Wildman–Crippen LogP) is 6.86. The number of rotatable bonds is 4. The molecule has 0 radical (unpaired) electrons. The van der Waals surface area contributed by atoms with Gasteiger partial charge in [-0.05, 0) is 40.0 Å². The standard InChI is InChI=1S/C28H23N/c1-5-13-22(14-6-1)26-21-29(25-19-11-4-12-20-25)28(24-17-9-3-10-18-24)27(26)23-15-7-2-8-16-23/h1-20,28H,21H2. The third-order valence-corrected chi connectivity index (χ3v) is 5.65. The molecule has 140 valence electrons. The van der Waals surface area contributed by atoms with Crippen LogP contribution in [0.15, 0.2) is 121 Å². The smallest absolute Gasteiger partial charge is 0.0809 e. The van der Waals surface area contributed by atoms with Gasteiger partial charge in [0.05, 0.1) is 6.04 Å². The van der Waals surface area contributed by atoms with Gasteiger partial charge in [0.25, 0.3) is 0 Å². The van der Waals surface area contributed by atoms with Gasteiger partial charge in [-0.2, -0.15) is 0 Å². The van der Waals surface area contributed by atoms with Crippen molar-refractivity contribution in [1.29, 1.82) is 0 Å². The molecule has 0 saturated carbocycles. The third kappa shape index (κ3) is 3.36. The molecule has 1 nitrogen and oxygen atoms in total. The van der Waals surface area contributed by atoms with Crippen molar-refractivity contribution in [3.63, 3.8) is 0 Å². The summed E-state index contributed by atoms with van der Waals surface area (Å²) in [5, 5.41) is 0. The maximum atomic E-state index is 2.53. The van der Waals surface area contributed by atoms with Gasteiger partial charge in [0.2, 0.25) is 0 Å². The Kier molecular flexibility index (Phi) is 4.72. The van der Waals surface area contributed by atoms with Gasteiger partial charge in [-0.3, -0.25) is 0 Å². The van der Waals surface area contributed by atoms with Crippen LogP contribution in [0.25, 0.3) is 11.1 Å². The van der Waals surface area contributed by atoms with Crippen molar-refractivity contribution in [3.8, 4) is 0 Å². The monoisotopic (exact) mass is 373 g/mol. The molecule has 29 heavy (non-hydrogen) atoms. The summed E-state index contributed by atoms with van der Waals surface area (Å²) >= 11 is 0. The number of hydrogen-bond acceptors (Lipinski definition) is 1. The van der Waals surface area contributed by atoms with Gasteiger partial charge in [0.1, 0.15) is 0 Å². The third-order valence-electron chi connectivity index (χ3n) is 5.65. The van der Waals surface area contributed by atoms with Gasteiger partial charge in [-0.15, -0.1) is 0 Å². The molecule has 1 aliphatic heterocycles. The summed E-state index contributed by atoms with van der Waals surface area (Å²) in [6.45, 7) is 0.887. The Morgan fingerprint density at radius 3 is 1.59 bits per heavy atom. The number of anilines is 1. The van der Waals surface area contributed by atoms with E-state index in [4.69, 9.17) is 0 Å². The van der Waals surface area contributed by atoms with Crippen LogP contribution in [0, 0.1) is 0 Å². The van der Waals surface area contributed by atoms with E-state index in [0.29, 0.717) is 0 Å². The zero-order chi connectivity index (χ0) is 19.5. The van der Waals surface area contributed by atoms with Gasteiger partial charge in [-0.25, -0.2) is 0 Å². The van der Waals surface area contributed by atoms with E-state index in [2.05, 4.69) is 126 Å². The lowest BCUT2D eigenvalue weighted by atomic mass is 9.89. The van der Waals surface area contributed by atoms with E-state index in [-0.39, 0.29) is 6.04 Å². The van der Waals surface area contributed by atoms with E-state index in [1.54, 1.807) is 0 Å². The summed E-state index contributed by atoms with van der Waals surface area (Å²) in [6, 6.07) is 43.5. The minimum Gasteiger partial charge on any atom is -0.356 e. The molecule has 1 aliphatic rings. The van der Waals surface area contributed by atoms with Gasteiger partial charge in [0, 0.05) is 12.2 Å². The highest BCUT2D eigenvalue weighted by molar-refractivity contribution is 6.00. The van der Waals surface area contributed by atoms with Crippen molar-refractivity contribution in [1.82, 2.24) is 0 Å². The fraction of sp³-hybridized carbons (Fsp3) is 0.0714. The van der Waals surface area contributed by atoms with Gasteiger partial charge in [0.15, 0.2) is 0 Å². The van der Waals surface area contributed by atoms with E-state index in [0.717, 1.165) is 6.54 Å². The molecule has 4 aromatic carbocycles. The molecule has 1 atom stereocenters. The molecule has 1 unspecified atom stereocenters. The molecule has 0 aromatic heterocycles. The van der Waals surface area contributed by atoms with Crippen LogP contribution in [0.5, 0.6) is 0 Å². The molecule has 0 spiro atoms. The highest BCUT2D eigenvalue weighted by Crippen LogP contribution is 2.48. The topological polar surface area (TPSA) is 3.24 Å². The Balaban J connectivity index is 1.75. The average molecular weight is 373 g/mol. The highest BCUT2D eigenvalue weighted by atomic mass is 15.2. The Labute approximate surface area is 172 Å². The van der Waals surface area contributed by atoms with Crippen LogP contribution < -0.4 is 4.90 Å². The maximum Gasteiger partial charge on any atom is 0.0809 e. The SMILES string of the molecule is c1ccc(C2=C(c3ccccc3)C(c3ccccc3)N(c3ccccc3)C2)cc1. The van der Waals surface area contributed by atoms with Crippen LogP contribution in [-0.2, 0) is 0 Å². The van der Waals surface area contributed by atoms with E-state index in [1.807, 2.05) is 0 Å². The Bertz CT molecular complexity index is 1100.